The first kappa shape index (κ1) is 22.9. The summed E-state index contributed by atoms with van der Waals surface area (Å²) in [5, 5.41) is 0. The van der Waals surface area contributed by atoms with Crippen LogP contribution in [-0.4, -0.2) is 41.9 Å². The summed E-state index contributed by atoms with van der Waals surface area (Å²) >= 11 is 0. The van der Waals surface area contributed by atoms with Crippen LogP contribution in [0.4, 0.5) is 5.69 Å². The summed E-state index contributed by atoms with van der Waals surface area (Å²) in [6.45, 7) is 2.89. The van der Waals surface area contributed by atoms with E-state index in [9.17, 15) is 18.0 Å². The molecule has 0 bridgehead atoms. The molecule has 5 rings (SSSR count). The maximum Gasteiger partial charge on any atom is 0.326 e. The van der Waals surface area contributed by atoms with Crippen molar-refractivity contribution in [3.63, 3.8) is 0 Å². The second-order valence-electron chi connectivity index (χ2n) is 8.84. The number of benzene rings is 3. The molecule has 8 nitrogen and oxygen atoms in total. The van der Waals surface area contributed by atoms with Gasteiger partial charge in [0.15, 0.2) is 0 Å². The largest absolute Gasteiger partial charge is 0.338 e. The van der Waals surface area contributed by atoms with Gasteiger partial charge in [-0.25, -0.2) is 13.2 Å². The van der Waals surface area contributed by atoms with Gasteiger partial charge >= 0.3 is 5.69 Å². The van der Waals surface area contributed by atoms with Crippen LogP contribution in [0.15, 0.2) is 82.5 Å². The first-order valence-electron chi connectivity index (χ1n) is 11.5. The fourth-order valence-corrected chi connectivity index (χ4v) is 5.68. The van der Waals surface area contributed by atoms with Crippen LogP contribution in [0.25, 0.3) is 11.0 Å². The number of imidazole rings is 1. The summed E-state index contributed by atoms with van der Waals surface area (Å²) < 4.78 is 30.1. The average molecular weight is 491 g/mol. The van der Waals surface area contributed by atoms with E-state index >= 15 is 0 Å². The van der Waals surface area contributed by atoms with Gasteiger partial charge in [-0.1, -0.05) is 35.9 Å². The number of nitrogens with one attached hydrogen (secondary N) is 2. The number of H-pyrrole nitrogens is 1. The Morgan fingerprint density at radius 3 is 2.43 bits per heavy atom. The number of aromatic nitrogens is 2. The number of aromatic amines is 1. The number of rotatable bonds is 5. The third kappa shape index (κ3) is 4.59. The maximum absolute atomic E-state index is 13.2. The number of para-hydroxylation sites is 2. The Hall–Kier alpha value is -3.85. The Morgan fingerprint density at radius 1 is 0.971 bits per heavy atom. The van der Waals surface area contributed by atoms with Gasteiger partial charge in [-0.05, 0) is 62.2 Å². The zero-order valence-corrected chi connectivity index (χ0v) is 20.1. The lowest BCUT2D eigenvalue weighted by molar-refractivity contribution is 0.0694. The number of hydrogen-bond donors (Lipinski definition) is 2. The second kappa shape index (κ2) is 9.07. The van der Waals surface area contributed by atoms with E-state index in [-0.39, 0.29) is 22.5 Å². The molecule has 1 aliphatic heterocycles. The minimum Gasteiger partial charge on any atom is -0.338 e. The van der Waals surface area contributed by atoms with Crippen LogP contribution in [-0.2, 0) is 10.0 Å². The minimum atomic E-state index is -3.84. The number of piperidine rings is 1. The van der Waals surface area contributed by atoms with Crippen LogP contribution < -0.4 is 10.4 Å². The van der Waals surface area contributed by atoms with Crippen molar-refractivity contribution >= 4 is 32.7 Å². The molecular weight excluding hydrogens is 464 g/mol. The number of nitrogens with zero attached hydrogens (tertiary/aromatic N) is 2. The fourth-order valence-electron chi connectivity index (χ4n) is 4.58. The van der Waals surface area contributed by atoms with E-state index in [0.29, 0.717) is 37.2 Å². The van der Waals surface area contributed by atoms with E-state index in [1.165, 1.54) is 12.1 Å². The van der Waals surface area contributed by atoms with Crippen molar-refractivity contribution in [1.82, 2.24) is 14.5 Å². The monoisotopic (exact) mass is 490 g/mol. The number of anilines is 1. The number of carbonyl (C=O) groups is 1. The van der Waals surface area contributed by atoms with Crippen molar-refractivity contribution in [1.29, 1.82) is 0 Å². The van der Waals surface area contributed by atoms with Gasteiger partial charge in [-0.2, -0.15) is 0 Å². The molecule has 0 unspecified atom stereocenters. The van der Waals surface area contributed by atoms with Crippen molar-refractivity contribution in [2.75, 3.05) is 17.8 Å². The van der Waals surface area contributed by atoms with Crippen LogP contribution in [0.1, 0.15) is 34.8 Å². The van der Waals surface area contributed by atoms with E-state index in [0.717, 1.165) is 16.6 Å². The van der Waals surface area contributed by atoms with Crippen molar-refractivity contribution in [3.05, 3.63) is 94.4 Å². The number of aryl methyl sites for hydroxylation is 1. The molecule has 3 aromatic carbocycles. The van der Waals surface area contributed by atoms with Crippen molar-refractivity contribution in [3.8, 4) is 0 Å². The highest BCUT2D eigenvalue weighted by Crippen LogP contribution is 2.26. The number of likely N-dealkylation sites (tertiary alicyclic amines) is 1. The van der Waals surface area contributed by atoms with Gasteiger partial charge in [0.05, 0.1) is 15.9 Å². The Bertz CT molecular complexity index is 1550. The van der Waals surface area contributed by atoms with Crippen molar-refractivity contribution < 1.29 is 13.2 Å². The van der Waals surface area contributed by atoms with E-state index in [1.54, 1.807) is 33.7 Å². The second-order valence-corrected chi connectivity index (χ2v) is 10.5. The SMILES string of the molecule is Cc1ccc(NS(=O)(=O)c2cccc(C(=O)N3CCC(n4c(=O)[nH]c5ccccc54)CC3)c2)cc1. The molecule has 1 saturated heterocycles. The normalized spacial score (nSPS) is 14.8. The molecule has 1 amide bonds. The smallest absolute Gasteiger partial charge is 0.326 e. The first-order valence-corrected chi connectivity index (χ1v) is 13.0. The molecule has 4 aromatic rings. The summed E-state index contributed by atoms with van der Waals surface area (Å²) in [5.74, 6) is -0.220. The van der Waals surface area contributed by atoms with Gasteiger partial charge in [0, 0.05) is 30.4 Å². The number of sulfonamides is 1. The third-order valence-electron chi connectivity index (χ3n) is 6.44. The summed E-state index contributed by atoms with van der Waals surface area (Å²) in [4.78, 5) is 30.3. The Morgan fingerprint density at radius 2 is 1.69 bits per heavy atom. The molecule has 35 heavy (non-hydrogen) atoms. The highest BCUT2D eigenvalue weighted by Gasteiger charge is 2.27. The topological polar surface area (TPSA) is 104 Å². The highest BCUT2D eigenvalue weighted by atomic mass is 32.2. The quantitative estimate of drug-likeness (QED) is 0.442. The molecule has 0 aliphatic carbocycles. The zero-order valence-electron chi connectivity index (χ0n) is 19.3. The number of carbonyl (C=O) groups excluding carboxylic acids is 1. The standard InChI is InChI=1S/C26H26N4O4S/c1-18-9-11-20(12-10-18)28-35(33,34)22-6-4-5-19(17-22)25(31)29-15-13-21(14-16-29)30-24-8-3-2-7-23(24)27-26(30)32/h2-12,17,21,28H,13-16H2,1H3,(H,27,32). The van der Waals surface area contributed by atoms with Crippen molar-refractivity contribution in [2.45, 2.75) is 30.7 Å². The zero-order chi connectivity index (χ0) is 24.6. The van der Waals surface area contributed by atoms with Crippen LogP contribution in [0.5, 0.6) is 0 Å². The molecule has 0 spiro atoms. The summed E-state index contributed by atoms with van der Waals surface area (Å²) in [5.41, 5.74) is 3.32. The van der Waals surface area contributed by atoms with Crippen LogP contribution in [0, 0.1) is 6.92 Å². The first-order chi connectivity index (χ1) is 16.8. The van der Waals surface area contributed by atoms with Crippen LogP contribution in [0.2, 0.25) is 0 Å². The fraction of sp³-hybridized carbons (Fsp3) is 0.231. The van der Waals surface area contributed by atoms with Gasteiger partial charge in [0.25, 0.3) is 15.9 Å². The number of hydrogen-bond acceptors (Lipinski definition) is 4. The lowest BCUT2D eigenvalue weighted by atomic mass is 10.0. The molecule has 2 N–H and O–H groups in total. The van der Waals surface area contributed by atoms with Crippen LogP contribution >= 0.6 is 0 Å². The van der Waals surface area contributed by atoms with Gasteiger partial charge in [-0.3, -0.25) is 14.1 Å². The molecule has 1 fully saturated rings. The van der Waals surface area contributed by atoms with E-state index in [1.807, 2.05) is 43.3 Å². The van der Waals surface area contributed by atoms with Gasteiger partial charge in [0.1, 0.15) is 0 Å². The molecule has 2 heterocycles. The molecule has 0 atom stereocenters. The van der Waals surface area contributed by atoms with Crippen molar-refractivity contribution in [2.24, 2.45) is 0 Å². The average Bonchev–Trinajstić information content (AvgIpc) is 3.20. The molecule has 0 radical (unpaired) electrons. The summed E-state index contributed by atoms with van der Waals surface area (Å²) in [6, 6.07) is 20.7. The maximum atomic E-state index is 13.2. The minimum absolute atomic E-state index is 0.00637. The molecule has 1 aliphatic rings. The lowest BCUT2D eigenvalue weighted by Crippen LogP contribution is -2.40. The van der Waals surface area contributed by atoms with E-state index in [2.05, 4.69) is 9.71 Å². The molecular formula is C26H26N4O4S. The predicted octanol–water partition coefficient (Wildman–Crippen LogP) is 3.92. The highest BCUT2D eigenvalue weighted by molar-refractivity contribution is 7.92. The summed E-state index contributed by atoms with van der Waals surface area (Å²) in [6.07, 6.45) is 1.28. The Kier molecular flexibility index (Phi) is 5.94. The van der Waals surface area contributed by atoms with Gasteiger partial charge in [0.2, 0.25) is 0 Å². The van der Waals surface area contributed by atoms with E-state index in [4.69, 9.17) is 0 Å². The van der Waals surface area contributed by atoms with Crippen LogP contribution in [0.3, 0.4) is 0 Å². The molecule has 9 heteroatoms. The molecule has 180 valence electrons. The predicted molar refractivity (Wildman–Crippen MR) is 135 cm³/mol. The third-order valence-corrected chi connectivity index (χ3v) is 7.81. The van der Waals surface area contributed by atoms with E-state index < -0.39 is 10.0 Å². The lowest BCUT2D eigenvalue weighted by Gasteiger charge is -2.32. The summed E-state index contributed by atoms with van der Waals surface area (Å²) in [7, 11) is -3.84. The molecule has 0 saturated carbocycles. The number of amides is 1. The van der Waals surface area contributed by atoms with Gasteiger partial charge < -0.3 is 9.88 Å². The molecule has 1 aromatic heterocycles. The Balaban J connectivity index is 1.30. The van der Waals surface area contributed by atoms with Gasteiger partial charge in [-0.15, -0.1) is 0 Å². The Labute approximate surface area is 203 Å². The number of fused-ring (bicyclic) bond motifs is 1.